The monoisotopic (exact) mass is 219 g/mol. The second-order valence-corrected chi connectivity index (χ2v) is 4.21. The topological polar surface area (TPSA) is 41.6 Å². The van der Waals surface area contributed by atoms with Crippen molar-refractivity contribution in [1.29, 1.82) is 0 Å². The van der Waals surface area contributed by atoms with Gasteiger partial charge >= 0.3 is 0 Å². The van der Waals surface area contributed by atoms with Crippen LogP contribution in [0.2, 0.25) is 0 Å². The highest BCUT2D eigenvalue weighted by Gasteiger charge is 2.07. The number of hydrogen-bond acceptors (Lipinski definition) is 2. The van der Waals surface area contributed by atoms with Gasteiger partial charge in [0.05, 0.1) is 0 Å². The molecule has 0 aliphatic carbocycles. The molecule has 1 aromatic heterocycles. The molecule has 2 aromatic rings. The first-order chi connectivity index (χ1) is 7.65. The Kier molecular flexibility index (Phi) is 2.99. The molecule has 4 heteroatoms. The van der Waals surface area contributed by atoms with Crippen molar-refractivity contribution in [1.82, 2.24) is 15.2 Å². The standard InChI is InChI=1S/C12H14FN3/c1-8(2)7-11-14-12(16-15-11)9-3-5-10(13)6-4-9/h3-6,8H,7H2,1-2H3,(H,14,15,16). The number of aromatic nitrogens is 3. The van der Waals surface area contributed by atoms with Gasteiger partial charge in [0.25, 0.3) is 0 Å². The molecular weight excluding hydrogens is 205 g/mol. The van der Waals surface area contributed by atoms with E-state index in [4.69, 9.17) is 0 Å². The predicted molar refractivity (Wildman–Crippen MR) is 60.3 cm³/mol. The molecule has 0 unspecified atom stereocenters. The predicted octanol–water partition coefficient (Wildman–Crippen LogP) is 2.81. The number of nitrogens with one attached hydrogen (secondary N) is 1. The molecule has 2 rings (SSSR count). The highest BCUT2D eigenvalue weighted by atomic mass is 19.1. The normalized spacial score (nSPS) is 11.0. The number of halogens is 1. The minimum absolute atomic E-state index is 0.248. The average molecular weight is 219 g/mol. The maximum absolute atomic E-state index is 12.7. The van der Waals surface area contributed by atoms with E-state index in [0.29, 0.717) is 11.7 Å². The summed E-state index contributed by atoms with van der Waals surface area (Å²) in [4.78, 5) is 4.36. The van der Waals surface area contributed by atoms with Gasteiger partial charge in [-0.15, -0.1) is 0 Å². The highest BCUT2D eigenvalue weighted by molar-refractivity contribution is 5.53. The number of H-pyrrole nitrogens is 1. The summed E-state index contributed by atoms with van der Waals surface area (Å²) >= 11 is 0. The van der Waals surface area contributed by atoms with E-state index in [1.807, 2.05) is 0 Å². The largest absolute Gasteiger partial charge is 0.263 e. The van der Waals surface area contributed by atoms with Gasteiger partial charge in [-0.25, -0.2) is 9.37 Å². The fraction of sp³-hybridized carbons (Fsp3) is 0.333. The lowest BCUT2D eigenvalue weighted by Crippen LogP contribution is -1.95. The van der Waals surface area contributed by atoms with Gasteiger partial charge < -0.3 is 0 Å². The summed E-state index contributed by atoms with van der Waals surface area (Å²) in [7, 11) is 0. The molecule has 0 amide bonds. The van der Waals surface area contributed by atoms with Gasteiger partial charge in [-0.2, -0.15) is 5.10 Å². The van der Waals surface area contributed by atoms with E-state index in [9.17, 15) is 4.39 Å². The van der Waals surface area contributed by atoms with E-state index >= 15 is 0 Å². The molecule has 3 nitrogen and oxygen atoms in total. The minimum Gasteiger partial charge on any atom is -0.263 e. The lowest BCUT2D eigenvalue weighted by molar-refractivity contribution is 0.622. The molecule has 0 spiro atoms. The highest BCUT2D eigenvalue weighted by Crippen LogP contribution is 2.15. The number of hydrogen-bond donors (Lipinski definition) is 1. The van der Waals surface area contributed by atoms with Crippen LogP contribution in [0.3, 0.4) is 0 Å². The van der Waals surface area contributed by atoms with Gasteiger partial charge in [-0.3, -0.25) is 5.10 Å². The van der Waals surface area contributed by atoms with Crippen molar-refractivity contribution in [3.8, 4) is 11.4 Å². The van der Waals surface area contributed by atoms with E-state index in [1.165, 1.54) is 12.1 Å². The van der Waals surface area contributed by atoms with Crippen molar-refractivity contribution in [2.45, 2.75) is 20.3 Å². The molecule has 0 fully saturated rings. The third-order valence-corrected chi connectivity index (χ3v) is 2.24. The molecule has 1 heterocycles. The van der Waals surface area contributed by atoms with Crippen molar-refractivity contribution in [3.63, 3.8) is 0 Å². The Morgan fingerprint density at radius 1 is 1.25 bits per heavy atom. The molecule has 0 saturated carbocycles. The van der Waals surface area contributed by atoms with E-state index in [2.05, 4.69) is 29.0 Å². The van der Waals surface area contributed by atoms with E-state index in [-0.39, 0.29) is 5.82 Å². The molecule has 0 atom stereocenters. The Morgan fingerprint density at radius 3 is 2.56 bits per heavy atom. The SMILES string of the molecule is CC(C)Cc1nc(-c2ccc(F)cc2)n[nH]1. The third-order valence-electron chi connectivity index (χ3n) is 2.24. The first kappa shape index (κ1) is 10.8. The van der Waals surface area contributed by atoms with E-state index < -0.39 is 0 Å². The molecule has 0 aliphatic heterocycles. The maximum Gasteiger partial charge on any atom is 0.181 e. The summed E-state index contributed by atoms with van der Waals surface area (Å²) in [5.74, 6) is 1.78. The first-order valence-electron chi connectivity index (χ1n) is 5.32. The molecule has 0 bridgehead atoms. The molecule has 0 aliphatic rings. The zero-order chi connectivity index (χ0) is 11.5. The fourth-order valence-corrected chi connectivity index (χ4v) is 1.50. The Labute approximate surface area is 93.7 Å². The summed E-state index contributed by atoms with van der Waals surface area (Å²) in [6, 6.07) is 6.18. The molecule has 1 aromatic carbocycles. The lowest BCUT2D eigenvalue weighted by atomic mass is 10.1. The second-order valence-electron chi connectivity index (χ2n) is 4.21. The van der Waals surface area contributed by atoms with Crippen molar-refractivity contribution < 1.29 is 4.39 Å². The smallest absolute Gasteiger partial charge is 0.181 e. The fourth-order valence-electron chi connectivity index (χ4n) is 1.50. The van der Waals surface area contributed by atoms with Crippen LogP contribution in [0.5, 0.6) is 0 Å². The molecule has 84 valence electrons. The van der Waals surface area contributed by atoms with Crippen LogP contribution in [0.15, 0.2) is 24.3 Å². The van der Waals surface area contributed by atoms with Crippen LogP contribution in [-0.2, 0) is 6.42 Å². The van der Waals surface area contributed by atoms with Gasteiger partial charge in [0.15, 0.2) is 5.82 Å². The average Bonchev–Trinajstić information content (AvgIpc) is 2.66. The molecule has 16 heavy (non-hydrogen) atoms. The number of aromatic amines is 1. The second kappa shape index (κ2) is 4.43. The summed E-state index contributed by atoms with van der Waals surface area (Å²) in [5, 5.41) is 7.01. The summed E-state index contributed by atoms with van der Waals surface area (Å²) < 4.78 is 12.7. The van der Waals surface area contributed by atoms with Gasteiger partial charge in [-0.05, 0) is 30.2 Å². The number of nitrogens with zero attached hydrogens (tertiary/aromatic N) is 2. The molecule has 0 radical (unpaired) electrons. The first-order valence-corrected chi connectivity index (χ1v) is 5.32. The number of benzene rings is 1. The summed E-state index contributed by atoms with van der Waals surface area (Å²) in [5.41, 5.74) is 0.827. The van der Waals surface area contributed by atoms with E-state index in [0.717, 1.165) is 17.8 Å². The molecular formula is C12H14FN3. The molecule has 0 saturated heterocycles. The van der Waals surface area contributed by atoms with Crippen molar-refractivity contribution in [3.05, 3.63) is 35.9 Å². The van der Waals surface area contributed by atoms with Crippen LogP contribution < -0.4 is 0 Å². The zero-order valence-corrected chi connectivity index (χ0v) is 9.37. The van der Waals surface area contributed by atoms with Crippen LogP contribution in [-0.4, -0.2) is 15.2 Å². The summed E-state index contributed by atoms with van der Waals surface area (Å²) in [6.45, 7) is 4.25. The zero-order valence-electron chi connectivity index (χ0n) is 9.37. The van der Waals surface area contributed by atoms with Gasteiger partial charge in [0.1, 0.15) is 11.6 Å². The van der Waals surface area contributed by atoms with Crippen molar-refractivity contribution in [2.75, 3.05) is 0 Å². The van der Waals surface area contributed by atoms with Crippen molar-refractivity contribution >= 4 is 0 Å². The number of rotatable bonds is 3. The third kappa shape index (κ3) is 2.45. The van der Waals surface area contributed by atoms with Crippen LogP contribution in [0.4, 0.5) is 4.39 Å². The Morgan fingerprint density at radius 2 is 1.94 bits per heavy atom. The Balaban J connectivity index is 2.21. The summed E-state index contributed by atoms with van der Waals surface area (Å²) in [6.07, 6.45) is 0.869. The quantitative estimate of drug-likeness (QED) is 0.862. The van der Waals surface area contributed by atoms with Crippen LogP contribution in [0.1, 0.15) is 19.7 Å². The van der Waals surface area contributed by atoms with Crippen LogP contribution in [0.25, 0.3) is 11.4 Å². The van der Waals surface area contributed by atoms with Crippen LogP contribution >= 0.6 is 0 Å². The minimum atomic E-state index is -0.248. The van der Waals surface area contributed by atoms with Gasteiger partial charge in [-0.1, -0.05) is 13.8 Å². The van der Waals surface area contributed by atoms with Gasteiger partial charge in [0.2, 0.25) is 0 Å². The van der Waals surface area contributed by atoms with Crippen LogP contribution in [0, 0.1) is 11.7 Å². The van der Waals surface area contributed by atoms with E-state index in [1.54, 1.807) is 12.1 Å². The molecule has 1 N–H and O–H groups in total. The Hall–Kier alpha value is -1.71. The van der Waals surface area contributed by atoms with Gasteiger partial charge in [0, 0.05) is 12.0 Å². The van der Waals surface area contributed by atoms with Crippen molar-refractivity contribution in [2.24, 2.45) is 5.92 Å². The lowest BCUT2D eigenvalue weighted by Gasteiger charge is -1.98. The Bertz CT molecular complexity index is 459. The maximum atomic E-state index is 12.7.